The highest BCUT2D eigenvalue weighted by atomic mass is 16.5. The number of anilines is 3. The van der Waals surface area contributed by atoms with Gasteiger partial charge < -0.3 is 30.1 Å². The maximum absolute atomic E-state index is 13.0. The molecular weight excluding hydrogens is 458 g/mol. The van der Waals surface area contributed by atoms with E-state index in [2.05, 4.69) is 15.5 Å². The molecule has 2 aromatic rings. The second kappa shape index (κ2) is 12.1. The molecule has 0 saturated carbocycles. The van der Waals surface area contributed by atoms with Gasteiger partial charge in [0, 0.05) is 12.2 Å². The summed E-state index contributed by atoms with van der Waals surface area (Å²) in [7, 11) is 1.39. The van der Waals surface area contributed by atoms with Crippen LogP contribution in [0, 0.1) is 0 Å². The minimum atomic E-state index is -0.895. The zero-order valence-corrected chi connectivity index (χ0v) is 22.0. The number of esters is 1. The lowest BCUT2D eigenvalue weighted by atomic mass is 9.92. The van der Waals surface area contributed by atoms with Gasteiger partial charge in [0.2, 0.25) is 0 Å². The zero-order chi connectivity index (χ0) is 26.3. The Labute approximate surface area is 214 Å². The number of ether oxygens (including phenoxy) is 2. The Balaban J connectivity index is 1.90. The van der Waals surface area contributed by atoms with Crippen LogP contribution in [0.3, 0.4) is 0 Å². The number of hydrogen-bond acceptors (Lipinski definition) is 6. The highest BCUT2D eigenvalue weighted by Gasteiger charge is 2.37. The third kappa shape index (κ3) is 6.91. The summed E-state index contributed by atoms with van der Waals surface area (Å²) >= 11 is 0. The predicted octanol–water partition coefficient (Wildman–Crippen LogP) is 5.53. The SMILES string of the molecule is CCOc1ccc(NC(=O)Nc2cc(C(CC)CC(=O)OC)ccc2N2CCC[C@H]2C(C)(C)O)cc1. The predicted molar refractivity (Wildman–Crippen MR) is 143 cm³/mol. The second-order valence-corrected chi connectivity index (χ2v) is 9.70. The lowest BCUT2D eigenvalue weighted by Gasteiger charge is -2.36. The van der Waals surface area contributed by atoms with E-state index >= 15 is 0 Å². The number of methoxy groups -OCH3 is 1. The average molecular weight is 498 g/mol. The topological polar surface area (TPSA) is 100 Å². The van der Waals surface area contributed by atoms with Crippen LogP contribution in [0.25, 0.3) is 0 Å². The Kier molecular flexibility index (Phi) is 9.20. The third-order valence-corrected chi connectivity index (χ3v) is 6.67. The summed E-state index contributed by atoms with van der Waals surface area (Å²) in [5, 5.41) is 16.7. The van der Waals surface area contributed by atoms with Crippen molar-refractivity contribution in [2.45, 2.75) is 70.9 Å². The van der Waals surface area contributed by atoms with Crippen LogP contribution in [0.15, 0.2) is 42.5 Å². The number of aliphatic hydroxyl groups is 1. The summed E-state index contributed by atoms with van der Waals surface area (Å²) in [6.07, 6.45) is 2.83. The number of benzene rings is 2. The van der Waals surface area contributed by atoms with Gasteiger partial charge in [0.05, 0.1) is 43.2 Å². The summed E-state index contributed by atoms with van der Waals surface area (Å²) in [6, 6.07) is 12.7. The molecule has 3 rings (SSSR count). The van der Waals surface area contributed by atoms with Gasteiger partial charge in [0.25, 0.3) is 0 Å². The quantitative estimate of drug-likeness (QED) is 0.374. The lowest BCUT2D eigenvalue weighted by molar-refractivity contribution is -0.141. The lowest BCUT2D eigenvalue weighted by Crippen LogP contribution is -2.46. The molecule has 2 atom stereocenters. The summed E-state index contributed by atoms with van der Waals surface area (Å²) in [4.78, 5) is 27.1. The second-order valence-electron chi connectivity index (χ2n) is 9.70. The Bertz CT molecular complexity index is 1030. The number of hydrogen-bond donors (Lipinski definition) is 3. The Morgan fingerprint density at radius 3 is 2.47 bits per heavy atom. The molecule has 1 fully saturated rings. The maximum atomic E-state index is 13.0. The van der Waals surface area contributed by atoms with Crippen LogP contribution in [-0.2, 0) is 9.53 Å². The normalized spacial score (nSPS) is 16.4. The molecule has 1 saturated heterocycles. The minimum absolute atomic E-state index is 0.0371. The zero-order valence-electron chi connectivity index (χ0n) is 22.0. The Morgan fingerprint density at radius 2 is 1.86 bits per heavy atom. The average Bonchev–Trinajstić information content (AvgIpc) is 3.34. The van der Waals surface area contributed by atoms with E-state index in [1.54, 1.807) is 12.1 Å². The number of carbonyl (C=O) groups excluding carboxylic acids is 2. The molecule has 1 heterocycles. The summed E-state index contributed by atoms with van der Waals surface area (Å²) < 4.78 is 10.3. The van der Waals surface area contributed by atoms with Crippen LogP contribution in [0.5, 0.6) is 5.75 Å². The van der Waals surface area contributed by atoms with E-state index in [0.29, 0.717) is 18.0 Å². The van der Waals surface area contributed by atoms with Crippen LogP contribution >= 0.6 is 0 Å². The molecule has 2 aromatic carbocycles. The van der Waals surface area contributed by atoms with Gasteiger partial charge in [0.1, 0.15) is 5.75 Å². The van der Waals surface area contributed by atoms with E-state index in [4.69, 9.17) is 9.47 Å². The van der Waals surface area contributed by atoms with E-state index in [-0.39, 0.29) is 30.4 Å². The first-order valence-corrected chi connectivity index (χ1v) is 12.7. The molecule has 1 aliphatic rings. The van der Waals surface area contributed by atoms with E-state index in [1.807, 2.05) is 58.0 Å². The first kappa shape index (κ1) is 27.3. The van der Waals surface area contributed by atoms with E-state index in [1.165, 1.54) is 7.11 Å². The molecule has 36 heavy (non-hydrogen) atoms. The van der Waals surface area contributed by atoms with Crippen molar-refractivity contribution in [2.75, 3.05) is 35.8 Å². The van der Waals surface area contributed by atoms with E-state index < -0.39 is 5.60 Å². The summed E-state index contributed by atoms with van der Waals surface area (Å²) in [5.74, 6) is 0.432. The minimum Gasteiger partial charge on any atom is -0.494 e. The van der Waals surface area contributed by atoms with Crippen LogP contribution in [-0.4, -0.2) is 49.0 Å². The molecule has 0 spiro atoms. The number of nitrogens with one attached hydrogen (secondary N) is 2. The van der Waals surface area contributed by atoms with Crippen LogP contribution in [0.4, 0.5) is 21.9 Å². The molecule has 3 N–H and O–H groups in total. The van der Waals surface area contributed by atoms with E-state index in [0.717, 1.165) is 42.8 Å². The van der Waals surface area contributed by atoms with Crippen molar-refractivity contribution in [2.24, 2.45) is 0 Å². The number of amides is 2. The first-order chi connectivity index (χ1) is 17.2. The molecule has 196 valence electrons. The van der Waals surface area contributed by atoms with Crippen molar-refractivity contribution in [1.82, 2.24) is 0 Å². The summed E-state index contributed by atoms with van der Waals surface area (Å²) in [5.41, 5.74) is 2.17. The van der Waals surface area contributed by atoms with Gasteiger partial charge in [-0.2, -0.15) is 0 Å². The number of urea groups is 1. The van der Waals surface area contributed by atoms with Crippen molar-refractivity contribution in [1.29, 1.82) is 0 Å². The third-order valence-electron chi connectivity index (χ3n) is 6.67. The van der Waals surface area contributed by atoms with Gasteiger partial charge in [0.15, 0.2) is 0 Å². The molecule has 1 unspecified atom stereocenters. The molecular formula is C28H39N3O5. The van der Waals surface area contributed by atoms with Gasteiger partial charge >= 0.3 is 12.0 Å². The smallest absolute Gasteiger partial charge is 0.323 e. The Hall–Kier alpha value is -3.26. The van der Waals surface area contributed by atoms with Gasteiger partial charge in [-0.25, -0.2) is 4.79 Å². The first-order valence-electron chi connectivity index (χ1n) is 12.7. The van der Waals surface area contributed by atoms with Crippen molar-refractivity contribution in [3.05, 3.63) is 48.0 Å². The van der Waals surface area contributed by atoms with Gasteiger partial charge in [-0.15, -0.1) is 0 Å². The van der Waals surface area contributed by atoms with Gasteiger partial charge in [-0.3, -0.25) is 4.79 Å². The number of nitrogens with zero attached hydrogens (tertiary/aromatic N) is 1. The fourth-order valence-corrected chi connectivity index (χ4v) is 4.82. The highest BCUT2D eigenvalue weighted by Crippen LogP contribution is 2.38. The molecule has 2 amide bonds. The molecule has 8 nitrogen and oxygen atoms in total. The van der Waals surface area contributed by atoms with Crippen molar-refractivity contribution >= 4 is 29.1 Å². The fraction of sp³-hybridized carbons (Fsp3) is 0.500. The van der Waals surface area contributed by atoms with Crippen LogP contribution in [0.1, 0.15) is 64.9 Å². The van der Waals surface area contributed by atoms with Crippen molar-refractivity contribution in [3.8, 4) is 5.75 Å². The molecule has 0 radical (unpaired) electrons. The fourth-order valence-electron chi connectivity index (χ4n) is 4.82. The molecule has 0 aliphatic carbocycles. The Morgan fingerprint density at radius 1 is 1.14 bits per heavy atom. The van der Waals surface area contributed by atoms with Crippen molar-refractivity contribution in [3.63, 3.8) is 0 Å². The van der Waals surface area contributed by atoms with E-state index in [9.17, 15) is 14.7 Å². The van der Waals surface area contributed by atoms with Gasteiger partial charge in [-0.05, 0) is 87.9 Å². The molecule has 0 bridgehead atoms. The largest absolute Gasteiger partial charge is 0.494 e. The monoisotopic (exact) mass is 497 g/mol. The van der Waals surface area contributed by atoms with Crippen LogP contribution in [0.2, 0.25) is 0 Å². The van der Waals surface area contributed by atoms with Gasteiger partial charge in [-0.1, -0.05) is 13.0 Å². The maximum Gasteiger partial charge on any atom is 0.323 e. The molecule has 0 aromatic heterocycles. The van der Waals surface area contributed by atoms with Crippen LogP contribution < -0.4 is 20.3 Å². The summed E-state index contributed by atoms with van der Waals surface area (Å²) in [6.45, 7) is 8.94. The number of carbonyl (C=O) groups is 2. The van der Waals surface area contributed by atoms with Crippen molar-refractivity contribution < 1.29 is 24.2 Å². The molecule has 1 aliphatic heterocycles. The highest BCUT2D eigenvalue weighted by molar-refractivity contribution is 6.02. The molecule has 8 heteroatoms. The number of rotatable bonds is 10. The standard InChI is InChI=1S/C28H39N3O5/c1-6-19(18-26(32)35-5)20-10-15-24(31-16-8-9-25(31)28(3,4)34)23(17-20)30-27(33)29-21-11-13-22(14-12-21)36-7-2/h10-15,17,19,25,34H,6-9,16,18H2,1-5H3,(H2,29,30,33)/t19?,25-/m0/s1.